The zero-order chi connectivity index (χ0) is 31.7. The number of aliphatic hydroxyl groups excluding tert-OH is 6. The van der Waals surface area contributed by atoms with Crippen LogP contribution in [-0.2, 0) is 42.8 Å². The SMILES string of the molecule is Cc1ccc(S(=O)(=O)OC[C@H]2OC(COS(=O)(=O)c3ccc(C)cc3)(O[C@H]3OC(CO)[C@@H](O)C(O)[C@@H]3O)[C@@H](O)[C@@H]2O)cc1. The van der Waals surface area contributed by atoms with E-state index >= 15 is 0 Å². The van der Waals surface area contributed by atoms with Crippen molar-refractivity contribution in [3.63, 3.8) is 0 Å². The molecule has 6 N–H and O–H groups in total. The van der Waals surface area contributed by atoms with E-state index in [9.17, 15) is 47.5 Å². The van der Waals surface area contributed by atoms with Gasteiger partial charge in [-0.1, -0.05) is 35.4 Å². The lowest BCUT2D eigenvalue weighted by Crippen LogP contribution is -2.62. The molecule has 2 fully saturated rings. The average Bonchev–Trinajstić information content (AvgIpc) is 3.20. The fourth-order valence-electron chi connectivity index (χ4n) is 4.47. The molecule has 2 saturated heterocycles. The number of aryl methyl sites for hydroxylation is 2. The van der Waals surface area contributed by atoms with Crippen molar-refractivity contribution in [3.05, 3.63) is 59.7 Å². The van der Waals surface area contributed by atoms with Gasteiger partial charge < -0.3 is 44.8 Å². The molecule has 240 valence electrons. The zero-order valence-electron chi connectivity index (χ0n) is 23.0. The number of hydrogen-bond donors (Lipinski definition) is 6. The second-order valence-corrected chi connectivity index (χ2v) is 13.5. The molecule has 0 amide bonds. The van der Waals surface area contributed by atoms with Crippen LogP contribution in [0.1, 0.15) is 11.1 Å². The minimum atomic E-state index is -4.54. The third kappa shape index (κ3) is 7.25. The van der Waals surface area contributed by atoms with Crippen molar-refractivity contribution in [2.75, 3.05) is 19.8 Å². The summed E-state index contributed by atoms with van der Waals surface area (Å²) < 4.78 is 78.0. The lowest BCUT2D eigenvalue weighted by atomic mass is 9.99. The second-order valence-electron chi connectivity index (χ2n) is 10.3. The lowest BCUT2D eigenvalue weighted by molar-refractivity contribution is -0.382. The summed E-state index contributed by atoms with van der Waals surface area (Å²) in [7, 11) is -8.91. The van der Waals surface area contributed by atoms with E-state index in [1.54, 1.807) is 13.8 Å². The number of rotatable bonds is 11. The number of hydrogen-bond acceptors (Lipinski definition) is 15. The molecule has 0 bridgehead atoms. The Balaban J connectivity index is 1.60. The molecule has 2 aromatic rings. The fourth-order valence-corrected chi connectivity index (χ4v) is 6.31. The molecule has 17 heteroatoms. The summed E-state index contributed by atoms with van der Waals surface area (Å²) in [4.78, 5) is -0.485. The van der Waals surface area contributed by atoms with Gasteiger partial charge in [-0.15, -0.1) is 0 Å². The van der Waals surface area contributed by atoms with Crippen LogP contribution in [0.3, 0.4) is 0 Å². The second kappa shape index (κ2) is 13.1. The van der Waals surface area contributed by atoms with Crippen LogP contribution in [0.2, 0.25) is 0 Å². The Morgan fingerprint density at radius 2 is 1.23 bits per heavy atom. The summed E-state index contributed by atoms with van der Waals surface area (Å²) in [5.41, 5.74) is 1.54. The van der Waals surface area contributed by atoms with Gasteiger partial charge in [0.2, 0.25) is 5.79 Å². The number of ether oxygens (including phenoxy) is 3. The summed E-state index contributed by atoms with van der Waals surface area (Å²) in [5, 5.41) is 62.1. The van der Waals surface area contributed by atoms with Crippen molar-refractivity contribution >= 4 is 20.2 Å². The van der Waals surface area contributed by atoms with Crippen molar-refractivity contribution in [3.8, 4) is 0 Å². The van der Waals surface area contributed by atoms with Gasteiger partial charge in [0.05, 0.1) is 23.0 Å². The van der Waals surface area contributed by atoms with Crippen molar-refractivity contribution in [1.29, 1.82) is 0 Å². The first-order chi connectivity index (χ1) is 20.1. The molecule has 43 heavy (non-hydrogen) atoms. The van der Waals surface area contributed by atoms with Gasteiger partial charge in [0.15, 0.2) is 6.29 Å². The van der Waals surface area contributed by atoms with Crippen LogP contribution in [-0.4, -0.2) is 122 Å². The third-order valence-electron chi connectivity index (χ3n) is 7.09. The predicted octanol–water partition coefficient (Wildman–Crippen LogP) is -1.95. The van der Waals surface area contributed by atoms with Gasteiger partial charge in [0.25, 0.3) is 20.2 Å². The topological polar surface area (TPSA) is 236 Å². The van der Waals surface area contributed by atoms with Gasteiger partial charge in [0.1, 0.15) is 49.3 Å². The highest BCUT2D eigenvalue weighted by atomic mass is 32.2. The van der Waals surface area contributed by atoms with E-state index in [1.807, 2.05) is 0 Å². The molecular weight excluding hydrogens is 616 g/mol. The van der Waals surface area contributed by atoms with E-state index in [4.69, 9.17) is 22.6 Å². The van der Waals surface area contributed by atoms with Gasteiger partial charge in [-0.25, -0.2) is 0 Å². The minimum absolute atomic E-state index is 0.206. The molecule has 4 rings (SSSR count). The quantitative estimate of drug-likeness (QED) is 0.145. The van der Waals surface area contributed by atoms with Gasteiger partial charge in [-0.2, -0.15) is 16.8 Å². The van der Waals surface area contributed by atoms with Crippen LogP contribution in [0.4, 0.5) is 0 Å². The molecule has 2 aliphatic rings. The zero-order valence-corrected chi connectivity index (χ0v) is 24.7. The molecule has 2 heterocycles. The monoisotopic (exact) mass is 650 g/mol. The van der Waals surface area contributed by atoms with E-state index in [2.05, 4.69) is 0 Å². The average molecular weight is 651 g/mol. The Labute approximate surface area is 248 Å². The van der Waals surface area contributed by atoms with Crippen molar-refractivity contribution < 1.29 is 70.1 Å². The highest BCUT2D eigenvalue weighted by Crippen LogP contribution is 2.38. The Morgan fingerprint density at radius 3 is 1.74 bits per heavy atom. The number of aliphatic hydroxyl groups is 6. The first-order valence-corrected chi connectivity index (χ1v) is 15.9. The molecule has 2 aromatic carbocycles. The molecule has 3 unspecified atom stereocenters. The summed E-state index contributed by atoms with van der Waals surface area (Å²) >= 11 is 0. The van der Waals surface area contributed by atoms with Crippen LogP contribution >= 0.6 is 0 Å². The highest BCUT2D eigenvalue weighted by Gasteiger charge is 2.59. The largest absolute Gasteiger partial charge is 0.394 e. The number of benzene rings is 2. The maximum atomic E-state index is 12.9. The molecule has 0 aromatic heterocycles. The molecule has 15 nitrogen and oxygen atoms in total. The van der Waals surface area contributed by atoms with Crippen LogP contribution in [0.15, 0.2) is 58.3 Å². The first-order valence-electron chi connectivity index (χ1n) is 13.0. The van der Waals surface area contributed by atoms with Crippen LogP contribution in [0.25, 0.3) is 0 Å². The Kier molecular flexibility index (Phi) is 10.3. The maximum Gasteiger partial charge on any atom is 0.297 e. The van der Waals surface area contributed by atoms with E-state index in [-0.39, 0.29) is 9.79 Å². The smallest absolute Gasteiger partial charge is 0.297 e. The van der Waals surface area contributed by atoms with Crippen molar-refractivity contribution in [2.24, 2.45) is 0 Å². The van der Waals surface area contributed by atoms with Crippen LogP contribution in [0.5, 0.6) is 0 Å². The summed E-state index contributed by atoms with van der Waals surface area (Å²) in [5.74, 6) is -2.67. The van der Waals surface area contributed by atoms with Crippen LogP contribution in [0, 0.1) is 13.8 Å². The van der Waals surface area contributed by atoms with Gasteiger partial charge in [0, 0.05) is 0 Å². The van der Waals surface area contributed by atoms with E-state index in [1.165, 1.54) is 48.5 Å². The molecule has 0 radical (unpaired) electrons. The normalized spacial score (nSPS) is 33.5. The summed E-state index contributed by atoms with van der Waals surface area (Å²) in [6, 6.07) is 11.2. The Hall–Kier alpha value is -2.10. The molecule has 0 spiro atoms. The van der Waals surface area contributed by atoms with Crippen molar-refractivity contribution in [1.82, 2.24) is 0 Å². The molecule has 0 aliphatic carbocycles. The molecular formula is C26H34O15S2. The lowest BCUT2D eigenvalue weighted by Gasteiger charge is -2.43. The summed E-state index contributed by atoms with van der Waals surface area (Å²) in [6.45, 7) is 0.593. The molecule has 0 saturated carbocycles. The molecule has 2 aliphatic heterocycles. The Bertz CT molecular complexity index is 1450. The van der Waals surface area contributed by atoms with Gasteiger partial charge in [-0.3, -0.25) is 8.37 Å². The maximum absolute atomic E-state index is 12.9. The third-order valence-corrected chi connectivity index (χ3v) is 9.67. The van der Waals surface area contributed by atoms with Crippen LogP contribution < -0.4 is 0 Å². The highest BCUT2D eigenvalue weighted by molar-refractivity contribution is 7.87. The minimum Gasteiger partial charge on any atom is -0.394 e. The molecule has 9 atom stereocenters. The van der Waals surface area contributed by atoms with E-state index in [0.29, 0.717) is 0 Å². The van der Waals surface area contributed by atoms with Gasteiger partial charge >= 0.3 is 0 Å². The van der Waals surface area contributed by atoms with E-state index in [0.717, 1.165) is 11.1 Å². The standard InChI is InChI=1S/C26H34O15S2/c1-14-3-7-16(8-4-14)42(33,34)37-12-19-21(29)24(32)26(40-19,13-38-43(35,36)17-9-5-15(2)6-10-17)41-25-23(31)22(30)20(28)18(11-27)39-25/h3-10,18-25,27-32H,11-13H2,1-2H3/t18?,19-,20-,21-,22?,23+,24+,25-,26?/m1/s1. The summed E-state index contributed by atoms with van der Waals surface area (Å²) in [6.07, 6.45) is -14.9. The van der Waals surface area contributed by atoms with E-state index < -0.39 is 94.9 Å². The predicted molar refractivity (Wildman–Crippen MR) is 143 cm³/mol. The first kappa shape index (κ1) is 33.8. The fraction of sp³-hybridized carbons (Fsp3) is 0.538. The van der Waals surface area contributed by atoms with Crippen molar-refractivity contribution in [2.45, 2.75) is 78.4 Å². The van der Waals surface area contributed by atoms with Gasteiger partial charge in [-0.05, 0) is 38.1 Å². The Morgan fingerprint density at radius 1 is 0.721 bits per heavy atom.